The molecule has 2 rings (SSSR count). The van der Waals surface area contributed by atoms with Crippen molar-refractivity contribution < 1.29 is 14.3 Å². The van der Waals surface area contributed by atoms with Gasteiger partial charge in [-0.2, -0.15) is 0 Å². The smallest absolute Gasteiger partial charge is 0.258 e. The molecule has 4 nitrogen and oxygen atoms in total. The van der Waals surface area contributed by atoms with E-state index in [1.54, 1.807) is 19.2 Å². The summed E-state index contributed by atoms with van der Waals surface area (Å²) in [5.41, 5.74) is 1.91. The zero-order valence-corrected chi connectivity index (χ0v) is 13.3. The molecule has 0 bridgehead atoms. The van der Waals surface area contributed by atoms with E-state index in [0.717, 1.165) is 11.1 Å². The van der Waals surface area contributed by atoms with Crippen molar-refractivity contribution in [3.63, 3.8) is 0 Å². The van der Waals surface area contributed by atoms with Crippen molar-refractivity contribution in [1.82, 2.24) is 5.32 Å². The van der Waals surface area contributed by atoms with Crippen LogP contribution in [0.2, 0.25) is 5.02 Å². The summed E-state index contributed by atoms with van der Waals surface area (Å²) in [5, 5.41) is 3.33. The maximum atomic E-state index is 11.8. The Labute approximate surface area is 135 Å². The number of carbonyl (C=O) groups excluding carboxylic acids is 1. The molecular weight excluding hydrogens is 302 g/mol. The summed E-state index contributed by atoms with van der Waals surface area (Å²) in [6, 6.07) is 12.9. The molecule has 0 saturated carbocycles. The van der Waals surface area contributed by atoms with Crippen LogP contribution >= 0.6 is 11.6 Å². The quantitative estimate of drug-likeness (QED) is 0.888. The molecule has 0 aliphatic heterocycles. The SMILES string of the molecule is COc1ccc(CNC(=O)COc2cccc(C)c2)c(Cl)c1. The van der Waals surface area contributed by atoms with Gasteiger partial charge in [-0.05, 0) is 42.3 Å². The maximum Gasteiger partial charge on any atom is 0.258 e. The van der Waals surface area contributed by atoms with E-state index in [2.05, 4.69) is 5.32 Å². The summed E-state index contributed by atoms with van der Waals surface area (Å²) in [5.74, 6) is 1.16. The highest BCUT2D eigenvalue weighted by Gasteiger charge is 2.06. The minimum atomic E-state index is -0.201. The molecule has 0 unspecified atom stereocenters. The number of hydrogen-bond acceptors (Lipinski definition) is 3. The lowest BCUT2D eigenvalue weighted by molar-refractivity contribution is -0.123. The molecule has 0 aliphatic carbocycles. The van der Waals surface area contributed by atoms with E-state index < -0.39 is 0 Å². The number of aryl methyl sites for hydroxylation is 1. The number of nitrogens with one attached hydrogen (secondary N) is 1. The fourth-order valence-corrected chi connectivity index (χ4v) is 2.13. The highest BCUT2D eigenvalue weighted by Crippen LogP contribution is 2.22. The lowest BCUT2D eigenvalue weighted by Crippen LogP contribution is -2.28. The van der Waals surface area contributed by atoms with Crippen molar-refractivity contribution in [2.45, 2.75) is 13.5 Å². The van der Waals surface area contributed by atoms with Gasteiger partial charge in [-0.15, -0.1) is 0 Å². The van der Waals surface area contributed by atoms with Crippen LogP contribution in [0.4, 0.5) is 0 Å². The molecule has 0 atom stereocenters. The summed E-state index contributed by atoms with van der Waals surface area (Å²) in [6.07, 6.45) is 0. The van der Waals surface area contributed by atoms with Crippen LogP contribution in [-0.4, -0.2) is 19.6 Å². The maximum absolute atomic E-state index is 11.8. The lowest BCUT2D eigenvalue weighted by atomic mass is 10.2. The molecule has 1 amide bonds. The van der Waals surface area contributed by atoms with E-state index in [4.69, 9.17) is 21.1 Å². The van der Waals surface area contributed by atoms with Crippen LogP contribution in [0, 0.1) is 6.92 Å². The van der Waals surface area contributed by atoms with Gasteiger partial charge in [-0.1, -0.05) is 29.8 Å². The van der Waals surface area contributed by atoms with Gasteiger partial charge in [0.2, 0.25) is 0 Å². The number of ether oxygens (including phenoxy) is 2. The van der Waals surface area contributed by atoms with Crippen molar-refractivity contribution in [3.8, 4) is 11.5 Å². The molecule has 0 saturated heterocycles. The number of hydrogen-bond donors (Lipinski definition) is 1. The standard InChI is InChI=1S/C17H18ClNO3/c1-12-4-3-5-15(8-12)22-11-17(20)19-10-13-6-7-14(21-2)9-16(13)18/h3-9H,10-11H2,1-2H3,(H,19,20). The normalized spacial score (nSPS) is 10.1. The molecule has 5 heteroatoms. The summed E-state index contributed by atoms with van der Waals surface area (Å²) in [4.78, 5) is 11.8. The third-order valence-electron chi connectivity index (χ3n) is 3.10. The summed E-state index contributed by atoms with van der Waals surface area (Å²) in [7, 11) is 1.58. The van der Waals surface area contributed by atoms with Crippen molar-refractivity contribution in [3.05, 3.63) is 58.6 Å². The average molecular weight is 320 g/mol. The van der Waals surface area contributed by atoms with Gasteiger partial charge >= 0.3 is 0 Å². The summed E-state index contributed by atoms with van der Waals surface area (Å²) >= 11 is 6.12. The predicted molar refractivity (Wildman–Crippen MR) is 86.5 cm³/mol. The van der Waals surface area contributed by atoms with E-state index in [1.807, 2.05) is 37.3 Å². The molecule has 0 fully saturated rings. The molecule has 0 radical (unpaired) electrons. The molecule has 0 spiro atoms. The zero-order chi connectivity index (χ0) is 15.9. The van der Waals surface area contributed by atoms with Gasteiger partial charge in [0.15, 0.2) is 6.61 Å². The second kappa shape index (κ2) is 7.71. The Bertz CT molecular complexity index is 658. The second-order valence-electron chi connectivity index (χ2n) is 4.84. The summed E-state index contributed by atoms with van der Waals surface area (Å²) < 4.78 is 10.5. The Morgan fingerprint density at radius 3 is 2.68 bits per heavy atom. The molecule has 22 heavy (non-hydrogen) atoms. The fourth-order valence-electron chi connectivity index (χ4n) is 1.90. The van der Waals surface area contributed by atoms with Crippen LogP contribution in [0.5, 0.6) is 11.5 Å². The minimum Gasteiger partial charge on any atom is -0.497 e. The average Bonchev–Trinajstić information content (AvgIpc) is 2.51. The van der Waals surface area contributed by atoms with E-state index >= 15 is 0 Å². The zero-order valence-electron chi connectivity index (χ0n) is 12.6. The number of halogens is 1. The third-order valence-corrected chi connectivity index (χ3v) is 3.45. The largest absolute Gasteiger partial charge is 0.497 e. The molecule has 1 N–H and O–H groups in total. The van der Waals surface area contributed by atoms with Crippen molar-refractivity contribution in [1.29, 1.82) is 0 Å². The van der Waals surface area contributed by atoms with Crippen molar-refractivity contribution >= 4 is 17.5 Å². The van der Waals surface area contributed by atoms with E-state index in [0.29, 0.717) is 23.1 Å². The van der Waals surface area contributed by atoms with Gasteiger partial charge in [0.1, 0.15) is 11.5 Å². The predicted octanol–water partition coefficient (Wildman–Crippen LogP) is 3.35. The van der Waals surface area contributed by atoms with Crippen LogP contribution < -0.4 is 14.8 Å². The Balaban J connectivity index is 1.83. The van der Waals surface area contributed by atoms with Crippen LogP contribution in [0.3, 0.4) is 0 Å². The molecule has 2 aromatic carbocycles. The topological polar surface area (TPSA) is 47.6 Å². The van der Waals surface area contributed by atoms with E-state index in [9.17, 15) is 4.79 Å². The Hall–Kier alpha value is -2.20. The fraction of sp³-hybridized carbons (Fsp3) is 0.235. The second-order valence-corrected chi connectivity index (χ2v) is 5.25. The minimum absolute atomic E-state index is 0.0305. The highest BCUT2D eigenvalue weighted by atomic mass is 35.5. The molecule has 0 aliphatic rings. The van der Waals surface area contributed by atoms with Gasteiger partial charge in [-0.25, -0.2) is 0 Å². The number of methoxy groups -OCH3 is 1. The first-order valence-electron chi connectivity index (χ1n) is 6.87. The number of amides is 1. The lowest BCUT2D eigenvalue weighted by Gasteiger charge is -2.10. The monoisotopic (exact) mass is 319 g/mol. The van der Waals surface area contributed by atoms with Gasteiger partial charge < -0.3 is 14.8 Å². The van der Waals surface area contributed by atoms with Crippen molar-refractivity contribution in [2.24, 2.45) is 0 Å². The van der Waals surface area contributed by atoms with E-state index in [-0.39, 0.29) is 12.5 Å². The van der Waals surface area contributed by atoms with Gasteiger partial charge in [-0.3, -0.25) is 4.79 Å². The Morgan fingerprint density at radius 1 is 1.18 bits per heavy atom. The molecular formula is C17H18ClNO3. The van der Waals surface area contributed by atoms with E-state index in [1.165, 1.54) is 0 Å². The van der Waals surface area contributed by atoms with Crippen LogP contribution in [-0.2, 0) is 11.3 Å². The van der Waals surface area contributed by atoms with Crippen LogP contribution in [0.1, 0.15) is 11.1 Å². The Morgan fingerprint density at radius 2 is 2.00 bits per heavy atom. The number of rotatable bonds is 6. The molecule has 2 aromatic rings. The third kappa shape index (κ3) is 4.67. The number of carbonyl (C=O) groups is 1. The van der Waals surface area contributed by atoms with Crippen LogP contribution in [0.25, 0.3) is 0 Å². The highest BCUT2D eigenvalue weighted by molar-refractivity contribution is 6.31. The van der Waals surface area contributed by atoms with Crippen molar-refractivity contribution in [2.75, 3.05) is 13.7 Å². The molecule has 0 aromatic heterocycles. The Kier molecular flexibility index (Phi) is 5.67. The first kappa shape index (κ1) is 16.2. The first-order valence-corrected chi connectivity index (χ1v) is 7.25. The number of benzene rings is 2. The summed E-state index contributed by atoms with van der Waals surface area (Å²) in [6.45, 7) is 2.29. The van der Waals surface area contributed by atoms with Gasteiger partial charge in [0, 0.05) is 11.6 Å². The molecule has 116 valence electrons. The van der Waals surface area contributed by atoms with Gasteiger partial charge in [0.05, 0.1) is 7.11 Å². The molecule has 0 heterocycles. The van der Waals surface area contributed by atoms with Crippen LogP contribution in [0.15, 0.2) is 42.5 Å². The van der Waals surface area contributed by atoms with Gasteiger partial charge in [0.25, 0.3) is 5.91 Å². The first-order chi connectivity index (χ1) is 10.6.